The molecule has 0 saturated heterocycles. The molecule has 0 aromatic heterocycles. The topological polar surface area (TPSA) is 0 Å². The summed E-state index contributed by atoms with van der Waals surface area (Å²) in [6.45, 7) is 0. The van der Waals surface area contributed by atoms with Crippen LogP contribution in [0.5, 0.6) is 0 Å². The van der Waals surface area contributed by atoms with Crippen molar-refractivity contribution in [2.24, 2.45) is 0 Å². The minimum absolute atomic E-state index is 0. The summed E-state index contributed by atoms with van der Waals surface area (Å²) in [5.41, 5.74) is 0. The summed E-state index contributed by atoms with van der Waals surface area (Å²) in [5, 5.41) is 0. The first-order valence-electron chi connectivity index (χ1n) is 0.667. The van der Waals surface area contributed by atoms with Crippen molar-refractivity contribution in [1.29, 1.82) is 0 Å². The maximum Gasteiger partial charge on any atom is 0 e. The van der Waals surface area contributed by atoms with Gasteiger partial charge >= 0.3 is 0 Å². The maximum absolute atomic E-state index is 4.50. The van der Waals surface area contributed by atoms with Crippen molar-refractivity contribution in [3.8, 4) is 0 Å². The Labute approximate surface area is 58.4 Å². The third-order valence-electron chi connectivity index (χ3n) is 0. The molecule has 0 aliphatic carbocycles. The van der Waals surface area contributed by atoms with E-state index in [2.05, 4.69) is 15.7 Å². The van der Waals surface area contributed by atoms with E-state index < -0.39 is 0 Å². The van der Waals surface area contributed by atoms with Crippen LogP contribution in [0.25, 0.3) is 0 Å². The van der Waals surface area contributed by atoms with E-state index in [4.69, 9.17) is 0 Å². The molecule has 0 aromatic carbocycles. The molecular weight excluding hydrogens is 179 g/mol. The first-order chi connectivity index (χ1) is 1.41. The van der Waals surface area contributed by atoms with Crippen LogP contribution < -0.4 is 0 Å². The van der Waals surface area contributed by atoms with E-state index in [1.165, 1.54) is 0 Å². The first kappa shape index (κ1) is 16.3. The van der Waals surface area contributed by atoms with Crippen LogP contribution in [0.2, 0.25) is 0 Å². The fourth-order valence-electron chi connectivity index (χ4n) is 0. The van der Waals surface area contributed by atoms with Gasteiger partial charge in [-0.2, -0.15) is 15.7 Å². The number of hydrogen-bond acceptors (Lipinski definition) is 0. The molecule has 0 rings (SSSR count). The van der Waals surface area contributed by atoms with Gasteiger partial charge in [-0.15, -0.1) is 17.0 Å². The van der Waals surface area contributed by atoms with Crippen LogP contribution in [0.1, 0.15) is 0 Å². The van der Waals surface area contributed by atoms with Gasteiger partial charge in [-0.05, 0) is 0 Å². The molecule has 0 N–H and O–H groups in total. The predicted molar refractivity (Wildman–Crippen MR) is 26.1 cm³/mol. The van der Waals surface area contributed by atoms with Gasteiger partial charge in [-0.1, -0.05) is 0 Å². The summed E-state index contributed by atoms with van der Waals surface area (Å²) in [4.78, 5) is 0. The molecular formula is CH2B2BrZn-. The molecule has 0 bridgehead atoms. The molecule has 4 radical (unpaired) electrons. The second-order valence-electron chi connectivity index (χ2n) is 0.192. The Bertz CT molecular complexity index is 9.61. The summed E-state index contributed by atoms with van der Waals surface area (Å²) in [6.07, 6.45) is 1.00. The van der Waals surface area contributed by atoms with Gasteiger partial charge in [0.05, 0.1) is 0 Å². The monoisotopic (exact) mass is 179 g/mol. The molecule has 0 fully saturated rings. The quantitative estimate of drug-likeness (QED) is 0.365. The zero-order valence-electron chi connectivity index (χ0n) is 2.85. The van der Waals surface area contributed by atoms with Gasteiger partial charge in [0.2, 0.25) is 0 Å². The van der Waals surface area contributed by atoms with Gasteiger partial charge in [-0.25, -0.2) is 0 Å². The van der Waals surface area contributed by atoms with E-state index >= 15 is 0 Å². The van der Waals surface area contributed by atoms with Crippen molar-refractivity contribution < 1.29 is 19.5 Å². The fraction of sp³-hybridized carbons (Fsp3) is 0. The summed E-state index contributed by atoms with van der Waals surface area (Å²) in [5.74, 6) is 0. The standard InChI is InChI=1S/CHB2.BrH.Zn/c2-1-3;;/h1H;1H;/q-1;;. The van der Waals surface area contributed by atoms with Crippen LogP contribution >= 0.6 is 17.0 Å². The van der Waals surface area contributed by atoms with E-state index in [1.54, 1.807) is 0 Å². The summed E-state index contributed by atoms with van der Waals surface area (Å²) < 4.78 is 0. The number of rotatable bonds is 0. The first-order valence-corrected chi connectivity index (χ1v) is 0.667. The molecule has 0 heterocycles. The molecule has 22 valence electrons. The summed E-state index contributed by atoms with van der Waals surface area (Å²) in [7, 11) is 9.00. The van der Waals surface area contributed by atoms with Crippen molar-refractivity contribution in [3.63, 3.8) is 0 Å². The Hall–Kier alpha value is 1.23. The van der Waals surface area contributed by atoms with Crippen molar-refractivity contribution in [2.75, 3.05) is 0 Å². The molecule has 0 aliphatic heterocycles. The molecule has 0 nitrogen and oxygen atoms in total. The molecule has 0 amide bonds. The second kappa shape index (κ2) is 18.8. The van der Waals surface area contributed by atoms with Crippen LogP contribution in [0.15, 0.2) is 0 Å². The smallest absolute Gasteiger partial charge is 0 e. The molecule has 0 unspecified atom stereocenters. The van der Waals surface area contributed by atoms with Crippen LogP contribution in [0.3, 0.4) is 0 Å². The minimum atomic E-state index is 0. The van der Waals surface area contributed by atoms with Gasteiger partial charge in [0, 0.05) is 19.5 Å². The van der Waals surface area contributed by atoms with Gasteiger partial charge in [0.1, 0.15) is 0 Å². The van der Waals surface area contributed by atoms with Gasteiger partial charge in [0.25, 0.3) is 0 Å². The zero-order chi connectivity index (χ0) is 2.71. The third-order valence-corrected chi connectivity index (χ3v) is 0. The molecule has 0 spiro atoms. The Morgan fingerprint density at radius 1 is 1.20 bits per heavy atom. The van der Waals surface area contributed by atoms with Crippen molar-refractivity contribution in [3.05, 3.63) is 6.22 Å². The SMILES string of the molecule is Br.[B][CH-][B].[Zn]. The van der Waals surface area contributed by atoms with Gasteiger partial charge in [-0.3, -0.25) is 0 Å². The average molecular weight is 181 g/mol. The van der Waals surface area contributed by atoms with Crippen LogP contribution in [-0.4, -0.2) is 15.7 Å². The zero-order valence-corrected chi connectivity index (χ0v) is 7.53. The van der Waals surface area contributed by atoms with Crippen molar-refractivity contribution in [2.45, 2.75) is 0 Å². The fourth-order valence-corrected chi connectivity index (χ4v) is 0. The Morgan fingerprint density at radius 3 is 1.20 bits per heavy atom. The predicted octanol–water partition coefficient (Wildman–Crippen LogP) is 0.0181. The van der Waals surface area contributed by atoms with Crippen LogP contribution in [0, 0.1) is 6.22 Å². The Balaban J connectivity index is -0.0000000200. The van der Waals surface area contributed by atoms with E-state index in [9.17, 15) is 0 Å². The largest absolute Gasteiger partial charge is 0.407 e. The molecule has 5 heavy (non-hydrogen) atoms. The van der Waals surface area contributed by atoms with Crippen molar-refractivity contribution >= 4 is 32.7 Å². The molecule has 4 heteroatoms. The average Bonchev–Trinajstić information content (AvgIpc) is 0.918. The molecule has 0 aromatic rings. The van der Waals surface area contributed by atoms with E-state index in [0.717, 1.165) is 6.22 Å². The van der Waals surface area contributed by atoms with Gasteiger partial charge in [0.15, 0.2) is 0 Å². The summed E-state index contributed by atoms with van der Waals surface area (Å²) in [6, 6.07) is 0. The Morgan fingerprint density at radius 2 is 1.20 bits per heavy atom. The minimum Gasteiger partial charge on any atom is -0.407 e. The van der Waals surface area contributed by atoms with Crippen molar-refractivity contribution in [1.82, 2.24) is 0 Å². The van der Waals surface area contributed by atoms with Crippen LogP contribution in [0.4, 0.5) is 0 Å². The third kappa shape index (κ3) is 36.0. The van der Waals surface area contributed by atoms with E-state index in [-0.39, 0.29) is 36.5 Å². The van der Waals surface area contributed by atoms with Gasteiger partial charge < -0.3 is 6.22 Å². The normalized spacial score (nSPS) is 3.20. The second-order valence-corrected chi connectivity index (χ2v) is 0.192. The van der Waals surface area contributed by atoms with E-state index in [0.29, 0.717) is 0 Å². The number of halogens is 1. The number of hydrogen-bond donors (Lipinski definition) is 0. The van der Waals surface area contributed by atoms with E-state index in [1.807, 2.05) is 0 Å². The van der Waals surface area contributed by atoms with Crippen LogP contribution in [-0.2, 0) is 19.5 Å². The Kier molecular flexibility index (Phi) is 61.4. The maximum atomic E-state index is 4.50. The molecule has 0 atom stereocenters. The molecule has 0 aliphatic rings. The molecule has 0 saturated carbocycles. The summed E-state index contributed by atoms with van der Waals surface area (Å²) >= 11 is 0.